The molecule has 0 aliphatic rings. The van der Waals surface area contributed by atoms with Gasteiger partial charge in [0.05, 0.1) is 0 Å². The van der Waals surface area contributed by atoms with Crippen molar-refractivity contribution >= 4 is 23.2 Å². The molecule has 0 bridgehead atoms. The first-order chi connectivity index (χ1) is 6.16. The lowest BCUT2D eigenvalue weighted by Gasteiger charge is -2.09. The number of halogens is 2. The second-order valence-corrected chi connectivity index (χ2v) is 5.17. The smallest absolute Gasteiger partial charge is 0.0336 e. The Balaban J connectivity index is 3.15. The second-order valence-electron chi connectivity index (χ2n) is 3.80. The SMILES string of the molecule is CCCCCC(Cl)CCCC(C)Cl. The Morgan fingerprint density at radius 3 is 2.08 bits per heavy atom. The lowest BCUT2D eigenvalue weighted by atomic mass is 10.1. The molecule has 80 valence electrons. The standard InChI is InChI=1S/C11H22Cl2/c1-3-4-5-8-11(13)9-6-7-10(2)12/h10-11H,3-9H2,1-2H3. The molecule has 0 saturated heterocycles. The number of hydrogen-bond acceptors (Lipinski definition) is 0. The molecule has 0 aliphatic carbocycles. The van der Waals surface area contributed by atoms with E-state index >= 15 is 0 Å². The van der Waals surface area contributed by atoms with Crippen LogP contribution in [0.2, 0.25) is 0 Å². The van der Waals surface area contributed by atoms with Crippen LogP contribution in [0.15, 0.2) is 0 Å². The Hall–Kier alpha value is 0.580. The van der Waals surface area contributed by atoms with Gasteiger partial charge in [-0.2, -0.15) is 0 Å². The van der Waals surface area contributed by atoms with Crippen LogP contribution in [0.3, 0.4) is 0 Å². The Morgan fingerprint density at radius 1 is 0.923 bits per heavy atom. The van der Waals surface area contributed by atoms with Gasteiger partial charge in [-0.1, -0.05) is 32.6 Å². The summed E-state index contributed by atoms with van der Waals surface area (Å²) in [5.41, 5.74) is 0. The summed E-state index contributed by atoms with van der Waals surface area (Å²) >= 11 is 12.0. The fourth-order valence-electron chi connectivity index (χ4n) is 1.38. The number of alkyl halides is 2. The van der Waals surface area contributed by atoms with Gasteiger partial charge in [-0.25, -0.2) is 0 Å². The maximum Gasteiger partial charge on any atom is 0.0336 e. The number of rotatable bonds is 8. The van der Waals surface area contributed by atoms with Gasteiger partial charge in [0, 0.05) is 10.8 Å². The zero-order valence-electron chi connectivity index (χ0n) is 8.86. The molecule has 0 aliphatic heterocycles. The van der Waals surface area contributed by atoms with Crippen molar-refractivity contribution in [2.24, 2.45) is 0 Å². The molecule has 0 aromatic carbocycles. The first kappa shape index (κ1) is 13.6. The van der Waals surface area contributed by atoms with Crippen molar-refractivity contribution in [3.05, 3.63) is 0 Å². The highest BCUT2D eigenvalue weighted by Gasteiger charge is 2.04. The van der Waals surface area contributed by atoms with Crippen LogP contribution < -0.4 is 0 Å². The van der Waals surface area contributed by atoms with E-state index in [-0.39, 0.29) is 0 Å². The summed E-state index contributed by atoms with van der Waals surface area (Å²) in [6.45, 7) is 4.26. The maximum atomic E-state index is 6.16. The highest BCUT2D eigenvalue weighted by molar-refractivity contribution is 6.20. The predicted molar refractivity (Wildman–Crippen MR) is 62.9 cm³/mol. The summed E-state index contributed by atoms with van der Waals surface area (Å²) in [5, 5.41) is 0.682. The van der Waals surface area contributed by atoms with Gasteiger partial charge < -0.3 is 0 Å². The van der Waals surface area contributed by atoms with Crippen molar-refractivity contribution in [2.45, 2.75) is 69.5 Å². The summed E-state index contributed by atoms with van der Waals surface area (Å²) in [5.74, 6) is 0. The van der Waals surface area contributed by atoms with Gasteiger partial charge in [0.1, 0.15) is 0 Å². The van der Waals surface area contributed by atoms with Crippen molar-refractivity contribution in [2.75, 3.05) is 0 Å². The molecule has 0 heterocycles. The van der Waals surface area contributed by atoms with Crippen LogP contribution in [0.1, 0.15) is 58.8 Å². The summed E-state index contributed by atoms with van der Waals surface area (Å²) in [6.07, 6.45) is 8.44. The minimum absolute atomic E-state index is 0.305. The van der Waals surface area contributed by atoms with Gasteiger partial charge in [-0.05, 0) is 26.2 Å². The molecule has 2 unspecified atom stereocenters. The van der Waals surface area contributed by atoms with Crippen LogP contribution in [0.4, 0.5) is 0 Å². The van der Waals surface area contributed by atoms with Gasteiger partial charge >= 0.3 is 0 Å². The predicted octanol–water partition coefficient (Wildman–Crippen LogP) is 4.97. The molecule has 0 rings (SSSR count). The summed E-state index contributed by atoms with van der Waals surface area (Å²) in [7, 11) is 0. The molecule has 2 heteroatoms. The van der Waals surface area contributed by atoms with Crippen molar-refractivity contribution < 1.29 is 0 Å². The van der Waals surface area contributed by atoms with Crippen LogP contribution in [-0.4, -0.2) is 10.8 Å². The third-order valence-electron chi connectivity index (χ3n) is 2.24. The Bertz CT molecular complexity index is 102. The number of unbranched alkanes of at least 4 members (excludes halogenated alkanes) is 2. The van der Waals surface area contributed by atoms with Crippen LogP contribution in [0.5, 0.6) is 0 Å². The molecule has 0 radical (unpaired) electrons. The van der Waals surface area contributed by atoms with Crippen molar-refractivity contribution in [3.63, 3.8) is 0 Å². The molecule has 0 amide bonds. The first-order valence-corrected chi connectivity index (χ1v) is 6.32. The van der Waals surface area contributed by atoms with Gasteiger partial charge in [0.25, 0.3) is 0 Å². The molecule has 0 aromatic heterocycles. The first-order valence-electron chi connectivity index (χ1n) is 5.45. The Morgan fingerprint density at radius 2 is 1.54 bits per heavy atom. The zero-order chi connectivity index (χ0) is 10.1. The Labute approximate surface area is 93.0 Å². The molecule has 0 aromatic rings. The molecule has 13 heavy (non-hydrogen) atoms. The third-order valence-corrected chi connectivity index (χ3v) is 2.89. The lowest BCUT2D eigenvalue weighted by Crippen LogP contribution is -2.00. The van der Waals surface area contributed by atoms with E-state index < -0.39 is 0 Å². The van der Waals surface area contributed by atoms with Gasteiger partial charge in [0.2, 0.25) is 0 Å². The summed E-state index contributed by atoms with van der Waals surface area (Å²) < 4.78 is 0. The fourth-order valence-corrected chi connectivity index (χ4v) is 1.84. The molecule has 0 saturated carbocycles. The third kappa shape index (κ3) is 10.5. The molecule has 0 nitrogen and oxygen atoms in total. The van der Waals surface area contributed by atoms with E-state index in [4.69, 9.17) is 23.2 Å². The molecule has 0 spiro atoms. The van der Waals surface area contributed by atoms with Gasteiger partial charge in [0.15, 0.2) is 0 Å². The highest BCUT2D eigenvalue weighted by atomic mass is 35.5. The average molecular weight is 225 g/mol. The van der Waals surface area contributed by atoms with Crippen LogP contribution in [-0.2, 0) is 0 Å². The van der Waals surface area contributed by atoms with Crippen LogP contribution in [0.25, 0.3) is 0 Å². The van der Waals surface area contributed by atoms with Crippen LogP contribution >= 0.6 is 23.2 Å². The zero-order valence-corrected chi connectivity index (χ0v) is 10.4. The monoisotopic (exact) mass is 224 g/mol. The van der Waals surface area contributed by atoms with E-state index in [1.165, 1.54) is 32.1 Å². The van der Waals surface area contributed by atoms with Gasteiger partial charge in [-0.3, -0.25) is 0 Å². The number of hydrogen-bond donors (Lipinski definition) is 0. The van der Waals surface area contributed by atoms with E-state index in [2.05, 4.69) is 6.92 Å². The molecule has 0 N–H and O–H groups in total. The topological polar surface area (TPSA) is 0 Å². The minimum atomic E-state index is 0.305. The minimum Gasteiger partial charge on any atom is -0.123 e. The average Bonchev–Trinajstić information content (AvgIpc) is 2.04. The highest BCUT2D eigenvalue weighted by Crippen LogP contribution is 2.17. The van der Waals surface area contributed by atoms with E-state index in [1.54, 1.807) is 0 Å². The maximum absolute atomic E-state index is 6.16. The fraction of sp³-hybridized carbons (Fsp3) is 1.00. The normalized spacial score (nSPS) is 15.7. The molecular weight excluding hydrogens is 203 g/mol. The van der Waals surface area contributed by atoms with Crippen LogP contribution in [0, 0.1) is 0 Å². The van der Waals surface area contributed by atoms with E-state index in [0.717, 1.165) is 12.8 Å². The summed E-state index contributed by atoms with van der Waals surface area (Å²) in [4.78, 5) is 0. The second kappa shape index (κ2) is 9.15. The van der Waals surface area contributed by atoms with E-state index in [1.807, 2.05) is 6.92 Å². The Kier molecular flexibility index (Phi) is 9.56. The molecule has 0 fully saturated rings. The summed E-state index contributed by atoms with van der Waals surface area (Å²) in [6, 6.07) is 0. The lowest BCUT2D eigenvalue weighted by molar-refractivity contribution is 0.580. The van der Waals surface area contributed by atoms with Crippen molar-refractivity contribution in [1.29, 1.82) is 0 Å². The van der Waals surface area contributed by atoms with E-state index in [0.29, 0.717) is 10.8 Å². The molecular formula is C11H22Cl2. The quantitative estimate of drug-likeness (QED) is 0.404. The van der Waals surface area contributed by atoms with E-state index in [9.17, 15) is 0 Å². The largest absolute Gasteiger partial charge is 0.123 e. The van der Waals surface area contributed by atoms with Crippen molar-refractivity contribution in [3.8, 4) is 0 Å². The molecule has 2 atom stereocenters. The van der Waals surface area contributed by atoms with Crippen molar-refractivity contribution in [1.82, 2.24) is 0 Å². The van der Waals surface area contributed by atoms with Gasteiger partial charge in [-0.15, -0.1) is 23.2 Å².